The Morgan fingerprint density at radius 1 is 1.26 bits per heavy atom. The van der Waals surface area contributed by atoms with Crippen molar-refractivity contribution in [1.82, 2.24) is 4.90 Å². The summed E-state index contributed by atoms with van der Waals surface area (Å²) in [6.45, 7) is 12.3. The average molecular weight is 289 g/mol. The van der Waals surface area contributed by atoms with E-state index in [4.69, 9.17) is 5.73 Å². The molecular weight excluding hydrogens is 260 g/mol. The number of carbonyl (C=O) groups excluding carboxylic acids is 1. The molecule has 3 nitrogen and oxygen atoms in total. The van der Waals surface area contributed by atoms with Crippen molar-refractivity contribution in [2.24, 2.45) is 17.6 Å². The molecule has 0 aromatic heterocycles. The summed E-state index contributed by atoms with van der Waals surface area (Å²) in [6.07, 6.45) is 5.82. The molecule has 0 fully saturated rings. The van der Waals surface area contributed by atoms with Crippen molar-refractivity contribution in [3.8, 4) is 0 Å². The third kappa shape index (κ3) is 8.06. The maximum Gasteiger partial charge on any atom is 0.226 e. The lowest BCUT2D eigenvalue weighted by Gasteiger charge is -2.24. The quantitative estimate of drug-likeness (QED) is 0.663. The summed E-state index contributed by atoms with van der Waals surface area (Å²) in [6, 6.07) is 0.150. The Labute approximate surface area is 124 Å². The van der Waals surface area contributed by atoms with Gasteiger partial charge in [-0.3, -0.25) is 4.79 Å². The summed E-state index contributed by atoms with van der Waals surface area (Å²) in [7, 11) is 1.84. The number of nitrogens with two attached hydrogens (primary N) is 1. The van der Waals surface area contributed by atoms with Gasteiger partial charge in [-0.15, -0.1) is 25.6 Å². The molecule has 1 amide bonds. The van der Waals surface area contributed by atoms with Gasteiger partial charge in [-0.25, -0.2) is 0 Å². The second-order valence-corrected chi connectivity index (χ2v) is 5.20. The minimum Gasteiger partial charge on any atom is -0.345 e. The molecule has 1 unspecified atom stereocenters. The highest BCUT2D eigenvalue weighted by atomic mass is 35.5. The standard InChI is InChI=1S/C15H28N2O.ClH/c1-6-8-13(9-7-2)15(18)17(5)11-10-14(16)12(3)4;/h6-7,12-14H,1-2,8-11,16H2,3-5H3;1H. The Hall–Kier alpha value is -0.800. The zero-order valence-corrected chi connectivity index (χ0v) is 13.3. The van der Waals surface area contributed by atoms with Crippen molar-refractivity contribution in [2.45, 2.75) is 39.2 Å². The smallest absolute Gasteiger partial charge is 0.226 e. The molecule has 0 aromatic rings. The molecule has 112 valence electrons. The van der Waals surface area contributed by atoms with Gasteiger partial charge in [-0.05, 0) is 25.2 Å². The monoisotopic (exact) mass is 288 g/mol. The fourth-order valence-corrected chi connectivity index (χ4v) is 1.80. The number of allylic oxidation sites excluding steroid dienone is 2. The summed E-state index contributed by atoms with van der Waals surface area (Å²) >= 11 is 0. The molecule has 1 atom stereocenters. The molecule has 2 N–H and O–H groups in total. The van der Waals surface area contributed by atoms with Crippen LogP contribution in [0.15, 0.2) is 25.3 Å². The molecule has 0 bridgehead atoms. The SMILES string of the molecule is C=CCC(CC=C)C(=O)N(C)CCC(N)C(C)C.Cl. The van der Waals surface area contributed by atoms with E-state index in [1.165, 1.54) is 0 Å². The highest BCUT2D eigenvalue weighted by molar-refractivity contribution is 5.85. The minimum atomic E-state index is -0.0275. The Morgan fingerprint density at radius 3 is 2.11 bits per heavy atom. The fraction of sp³-hybridized carbons (Fsp3) is 0.667. The first-order valence-electron chi connectivity index (χ1n) is 6.66. The van der Waals surface area contributed by atoms with Crippen LogP contribution in [-0.4, -0.2) is 30.4 Å². The highest BCUT2D eigenvalue weighted by Gasteiger charge is 2.20. The Morgan fingerprint density at radius 2 is 1.74 bits per heavy atom. The minimum absolute atomic E-state index is 0. The van der Waals surface area contributed by atoms with Crippen LogP contribution in [0.5, 0.6) is 0 Å². The zero-order chi connectivity index (χ0) is 14.1. The molecule has 4 heteroatoms. The van der Waals surface area contributed by atoms with E-state index in [1.54, 1.807) is 17.1 Å². The van der Waals surface area contributed by atoms with Gasteiger partial charge in [-0.2, -0.15) is 0 Å². The van der Waals surface area contributed by atoms with Crippen molar-refractivity contribution < 1.29 is 4.79 Å². The van der Waals surface area contributed by atoms with Gasteiger partial charge in [0.05, 0.1) is 0 Å². The van der Waals surface area contributed by atoms with E-state index in [-0.39, 0.29) is 30.3 Å². The first kappa shape index (κ1) is 20.5. The number of halogens is 1. The van der Waals surface area contributed by atoms with E-state index in [2.05, 4.69) is 27.0 Å². The Bertz CT molecular complexity index is 269. The lowest BCUT2D eigenvalue weighted by atomic mass is 9.98. The third-order valence-electron chi connectivity index (χ3n) is 3.28. The van der Waals surface area contributed by atoms with Crippen molar-refractivity contribution in [2.75, 3.05) is 13.6 Å². The fourth-order valence-electron chi connectivity index (χ4n) is 1.80. The lowest BCUT2D eigenvalue weighted by molar-refractivity contribution is -0.134. The van der Waals surface area contributed by atoms with Gasteiger partial charge in [0.15, 0.2) is 0 Å². The van der Waals surface area contributed by atoms with Gasteiger partial charge < -0.3 is 10.6 Å². The van der Waals surface area contributed by atoms with Gasteiger partial charge in [0.2, 0.25) is 5.91 Å². The first-order chi connectivity index (χ1) is 8.43. The maximum absolute atomic E-state index is 12.2. The molecule has 0 heterocycles. The molecule has 19 heavy (non-hydrogen) atoms. The molecule has 0 aromatic carbocycles. The van der Waals surface area contributed by atoms with Crippen molar-refractivity contribution in [1.29, 1.82) is 0 Å². The Kier molecular flexibility index (Phi) is 11.9. The second kappa shape index (κ2) is 11.1. The van der Waals surface area contributed by atoms with Crippen molar-refractivity contribution in [3.63, 3.8) is 0 Å². The second-order valence-electron chi connectivity index (χ2n) is 5.20. The number of amides is 1. The van der Waals surface area contributed by atoms with Gasteiger partial charge in [-0.1, -0.05) is 26.0 Å². The maximum atomic E-state index is 12.2. The van der Waals surface area contributed by atoms with E-state index >= 15 is 0 Å². The molecule has 0 saturated heterocycles. The van der Waals surface area contributed by atoms with E-state index in [0.717, 1.165) is 6.42 Å². The molecule has 0 aliphatic carbocycles. The van der Waals surface area contributed by atoms with Crippen LogP contribution in [0.25, 0.3) is 0 Å². The molecule has 0 spiro atoms. The molecule has 0 radical (unpaired) electrons. The number of carbonyl (C=O) groups is 1. The molecule has 0 aliphatic heterocycles. The number of hydrogen-bond donors (Lipinski definition) is 1. The summed E-state index contributed by atoms with van der Waals surface area (Å²) in [5.74, 6) is 0.580. The van der Waals surface area contributed by atoms with Gasteiger partial charge in [0.25, 0.3) is 0 Å². The molecular formula is C15H29ClN2O. The predicted octanol–water partition coefficient (Wildman–Crippen LogP) is 3.01. The Balaban J connectivity index is 0. The molecule has 0 aliphatic rings. The molecule has 0 rings (SSSR count). The van der Waals surface area contributed by atoms with Gasteiger partial charge in [0, 0.05) is 25.6 Å². The van der Waals surface area contributed by atoms with Crippen LogP contribution in [0.1, 0.15) is 33.1 Å². The van der Waals surface area contributed by atoms with Crippen LogP contribution in [0.2, 0.25) is 0 Å². The van der Waals surface area contributed by atoms with Crippen LogP contribution < -0.4 is 5.73 Å². The van der Waals surface area contributed by atoms with Crippen molar-refractivity contribution >= 4 is 18.3 Å². The normalized spacial score (nSPS) is 11.9. The van der Waals surface area contributed by atoms with Crippen LogP contribution in [0.4, 0.5) is 0 Å². The van der Waals surface area contributed by atoms with Gasteiger partial charge >= 0.3 is 0 Å². The predicted molar refractivity (Wildman–Crippen MR) is 85.4 cm³/mol. The summed E-state index contributed by atoms with van der Waals surface area (Å²) in [5, 5.41) is 0. The lowest BCUT2D eigenvalue weighted by Crippen LogP contribution is -2.37. The van der Waals surface area contributed by atoms with Crippen LogP contribution in [0, 0.1) is 11.8 Å². The average Bonchev–Trinajstić information content (AvgIpc) is 2.34. The van der Waals surface area contributed by atoms with Gasteiger partial charge in [0.1, 0.15) is 0 Å². The number of nitrogens with zero attached hydrogens (tertiary/aromatic N) is 1. The van der Waals surface area contributed by atoms with E-state index in [1.807, 2.05) is 7.05 Å². The number of rotatable bonds is 9. The largest absolute Gasteiger partial charge is 0.345 e. The van der Waals surface area contributed by atoms with Crippen LogP contribution >= 0.6 is 12.4 Å². The first-order valence-corrected chi connectivity index (χ1v) is 6.66. The summed E-state index contributed by atoms with van der Waals surface area (Å²) in [5.41, 5.74) is 5.99. The van der Waals surface area contributed by atoms with E-state index in [9.17, 15) is 4.79 Å². The summed E-state index contributed by atoms with van der Waals surface area (Å²) < 4.78 is 0. The summed E-state index contributed by atoms with van der Waals surface area (Å²) in [4.78, 5) is 14.0. The van der Waals surface area contributed by atoms with Crippen LogP contribution in [0.3, 0.4) is 0 Å². The zero-order valence-electron chi connectivity index (χ0n) is 12.5. The van der Waals surface area contributed by atoms with Crippen molar-refractivity contribution in [3.05, 3.63) is 25.3 Å². The van der Waals surface area contributed by atoms with E-state index in [0.29, 0.717) is 25.3 Å². The third-order valence-corrected chi connectivity index (χ3v) is 3.28. The highest BCUT2D eigenvalue weighted by Crippen LogP contribution is 2.14. The topological polar surface area (TPSA) is 46.3 Å². The van der Waals surface area contributed by atoms with Crippen LogP contribution in [-0.2, 0) is 4.79 Å². The van der Waals surface area contributed by atoms with E-state index < -0.39 is 0 Å². The molecule has 0 saturated carbocycles. The number of hydrogen-bond acceptors (Lipinski definition) is 2.